The maximum Gasteiger partial charge on any atom is 0.221 e. The number of pyridine rings is 1. The summed E-state index contributed by atoms with van der Waals surface area (Å²) in [6.07, 6.45) is 1.75. The topological polar surface area (TPSA) is 63.6 Å². The van der Waals surface area contributed by atoms with Gasteiger partial charge in [0.25, 0.3) is 0 Å². The Balaban J connectivity index is 1.78. The molecule has 0 saturated carbocycles. The molecule has 1 aliphatic heterocycles. The molecule has 3 rings (SSSR count). The number of ether oxygens (including phenoxy) is 2. The van der Waals surface area contributed by atoms with Crippen molar-refractivity contribution in [1.82, 2.24) is 10.3 Å². The van der Waals surface area contributed by atoms with E-state index in [1.165, 1.54) is 0 Å². The number of aromatic nitrogens is 1. The van der Waals surface area contributed by atoms with Crippen molar-refractivity contribution in [3.63, 3.8) is 0 Å². The molecule has 1 aromatic heterocycles. The van der Waals surface area contributed by atoms with Gasteiger partial charge in [-0.15, -0.1) is 0 Å². The average molecular weight is 260 g/mol. The van der Waals surface area contributed by atoms with Crippen LogP contribution in [0.5, 0.6) is 11.6 Å². The third-order valence-corrected chi connectivity index (χ3v) is 3.12. The zero-order valence-corrected chi connectivity index (χ0v) is 10.5. The Morgan fingerprint density at radius 2 is 2.37 bits per heavy atom. The lowest BCUT2D eigenvalue weighted by atomic mass is 10.1. The number of nitrogens with one attached hydrogen (secondary N) is 1. The van der Waals surface area contributed by atoms with Gasteiger partial charge in [0.15, 0.2) is 0 Å². The number of rotatable bonds is 3. The van der Waals surface area contributed by atoms with Crippen molar-refractivity contribution in [3.05, 3.63) is 30.5 Å². The summed E-state index contributed by atoms with van der Waals surface area (Å²) in [7, 11) is 0. The molecule has 2 heterocycles. The molecule has 0 spiro atoms. The van der Waals surface area contributed by atoms with Crippen LogP contribution in [0, 0.1) is 0 Å². The van der Waals surface area contributed by atoms with Crippen LogP contribution in [0.2, 0.25) is 0 Å². The van der Waals surface area contributed by atoms with Gasteiger partial charge in [-0.1, -0.05) is 6.07 Å². The molecule has 0 amide bonds. The zero-order valence-electron chi connectivity index (χ0n) is 10.5. The summed E-state index contributed by atoms with van der Waals surface area (Å²) in [5, 5.41) is 14.6. The number of aromatic hydroxyl groups is 1. The van der Waals surface area contributed by atoms with E-state index in [-0.39, 0.29) is 11.9 Å². The molecule has 19 heavy (non-hydrogen) atoms. The molecule has 2 aromatic rings. The van der Waals surface area contributed by atoms with Crippen molar-refractivity contribution >= 4 is 10.8 Å². The van der Waals surface area contributed by atoms with Gasteiger partial charge in [0.05, 0.1) is 6.61 Å². The summed E-state index contributed by atoms with van der Waals surface area (Å²) >= 11 is 0. The molecule has 5 heteroatoms. The Labute approximate surface area is 111 Å². The summed E-state index contributed by atoms with van der Waals surface area (Å²) in [6.45, 7) is 2.83. The fourth-order valence-corrected chi connectivity index (χ4v) is 2.14. The molecule has 0 radical (unpaired) electrons. The molecule has 1 unspecified atom stereocenters. The van der Waals surface area contributed by atoms with Gasteiger partial charge in [-0.05, 0) is 23.6 Å². The second-order valence-electron chi connectivity index (χ2n) is 4.53. The van der Waals surface area contributed by atoms with Crippen LogP contribution in [0.1, 0.15) is 0 Å². The van der Waals surface area contributed by atoms with Crippen LogP contribution in [0.4, 0.5) is 0 Å². The number of phenols is 1. The lowest BCUT2D eigenvalue weighted by molar-refractivity contribution is -0.000385. The Bertz CT molecular complexity index is 568. The van der Waals surface area contributed by atoms with Gasteiger partial charge >= 0.3 is 0 Å². The van der Waals surface area contributed by atoms with Crippen molar-refractivity contribution in [2.24, 2.45) is 0 Å². The summed E-state index contributed by atoms with van der Waals surface area (Å²) in [4.78, 5) is 4.22. The highest BCUT2D eigenvalue weighted by Crippen LogP contribution is 2.26. The first-order valence-electron chi connectivity index (χ1n) is 6.36. The van der Waals surface area contributed by atoms with E-state index < -0.39 is 0 Å². The molecule has 0 bridgehead atoms. The Morgan fingerprint density at radius 3 is 3.21 bits per heavy atom. The van der Waals surface area contributed by atoms with Gasteiger partial charge in [0.2, 0.25) is 5.88 Å². The summed E-state index contributed by atoms with van der Waals surface area (Å²) in [6, 6.07) is 7.05. The van der Waals surface area contributed by atoms with E-state index in [4.69, 9.17) is 9.47 Å². The maximum atomic E-state index is 9.55. The van der Waals surface area contributed by atoms with Gasteiger partial charge in [0, 0.05) is 24.7 Å². The van der Waals surface area contributed by atoms with Crippen LogP contribution >= 0.6 is 0 Å². The first kappa shape index (κ1) is 12.2. The number of morpholine rings is 1. The second kappa shape index (κ2) is 5.42. The molecule has 0 aliphatic carbocycles. The highest BCUT2D eigenvalue weighted by Gasteiger charge is 2.15. The highest BCUT2D eigenvalue weighted by molar-refractivity contribution is 5.87. The minimum Gasteiger partial charge on any atom is -0.508 e. The number of phenolic OH excluding ortho intramolecular Hbond substituents is 1. The standard InChI is InChI=1S/C14H16N2O3/c17-11-2-1-10-3-4-16-14(13(10)7-11)19-9-12-8-15-5-6-18-12/h1-4,7,12,15,17H,5-6,8-9H2. The number of nitrogens with zero attached hydrogens (tertiary/aromatic N) is 1. The van der Waals surface area contributed by atoms with Crippen LogP contribution in [-0.4, -0.2) is 42.5 Å². The number of hydrogen-bond acceptors (Lipinski definition) is 5. The zero-order chi connectivity index (χ0) is 13.1. The summed E-state index contributed by atoms with van der Waals surface area (Å²) in [5.74, 6) is 0.739. The monoisotopic (exact) mass is 260 g/mol. The van der Waals surface area contributed by atoms with Crippen molar-refractivity contribution < 1.29 is 14.6 Å². The van der Waals surface area contributed by atoms with Crippen LogP contribution in [0.15, 0.2) is 30.5 Å². The number of benzene rings is 1. The van der Waals surface area contributed by atoms with Gasteiger partial charge in [0.1, 0.15) is 18.5 Å². The van der Waals surface area contributed by atoms with Crippen molar-refractivity contribution in [1.29, 1.82) is 0 Å². The van der Waals surface area contributed by atoms with Crippen molar-refractivity contribution in [2.75, 3.05) is 26.3 Å². The minimum atomic E-state index is 0.0446. The summed E-state index contributed by atoms with van der Waals surface area (Å²) in [5.41, 5.74) is 0. The third-order valence-electron chi connectivity index (χ3n) is 3.12. The quantitative estimate of drug-likeness (QED) is 0.871. The highest BCUT2D eigenvalue weighted by atomic mass is 16.5. The number of hydrogen-bond donors (Lipinski definition) is 2. The molecule has 5 nitrogen and oxygen atoms in total. The van der Waals surface area contributed by atoms with E-state index in [1.807, 2.05) is 12.1 Å². The number of fused-ring (bicyclic) bond motifs is 1. The minimum absolute atomic E-state index is 0.0446. The van der Waals surface area contributed by atoms with Gasteiger partial charge in [-0.2, -0.15) is 0 Å². The van der Waals surface area contributed by atoms with Crippen molar-refractivity contribution in [2.45, 2.75) is 6.10 Å². The largest absolute Gasteiger partial charge is 0.508 e. The van der Waals surface area contributed by atoms with E-state index in [1.54, 1.807) is 18.3 Å². The Morgan fingerprint density at radius 1 is 1.42 bits per heavy atom. The van der Waals surface area contributed by atoms with Crippen LogP contribution in [-0.2, 0) is 4.74 Å². The predicted molar refractivity (Wildman–Crippen MR) is 71.5 cm³/mol. The molecular weight excluding hydrogens is 244 g/mol. The molecule has 1 fully saturated rings. The normalized spacial score (nSPS) is 19.5. The van der Waals surface area contributed by atoms with E-state index in [9.17, 15) is 5.11 Å². The first-order valence-corrected chi connectivity index (χ1v) is 6.36. The van der Waals surface area contributed by atoms with E-state index in [2.05, 4.69) is 10.3 Å². The fourth-order valence-electron chi connectivity index (χ4n) is 2.14. The lowest BCUT2D eigenvalue weighted by Gasteiger charge is -2.23. The van der Waals surface area contributed by atoms with Gasteiger partial charge < -0.3 is 19.9 Å². The summed E-state index contributed by atoms with van der Waals surface area (Å²) < 4.78 is 11.3. The second-order valence-corrected chi connectivity index (χ2v) is 4.53. The lowest BCUT2D eigenvalue weighted by Crippen LogP contribution is -2.41. The average Bonchev–Trinajstić information content (AvgIpc) is 2.46. The molecule has 2 N–H and O–H groups in total. The Hall–Kier alpha value is -1.85. The van der Waals surface area contributed by atoms with E-state index in [0.717, 1.165) is 23.9 Å². The van der Waals surface area contributed by atoms with E-state index >= 15 is 0 Å². The smallest absolute Gasteiger partial charge is 0.221 e. The van der Waals surface area contributed by atoms with E-state index in [0.29, 0.717) is 19.1 Å². The molecular formula is C14H16N2O3. The molecule has 1 aliphatic rings. The first-order chi connectivity index (χ1) is 9.33. The SMILES string of the molecule is Oc1ccc2ccnc(OCC3CNCCO3)c2c1. The Kier molecular flexibility index (Phi) is 3.48. The van der Waals surface area contributed by atoms with Crippen LogP contribution < -0.4 is 10.1 Å². The molecule has 1 atom stereocenters. The maximum absolute atomic E-state index is 9.55. The fraction of sp³-hybridized carbons (Fsp3) is 0.357. The van der Waals surface area contributed by atoms with Crippen LogP contribution in [0.3, 0.4) is 0 Å². The molecule has 100 valence electrons. The molecule has 1 saturated heterocycles. The van der Waals surface area contributed by atoms with Gasteiger partial charge in [-0.3, -0.25) is 0 Å². The van der Waals surface area contributed by atoms with Crippen molar-refractivity contribution in [3.8, 4) is 11.6 Å². The molecule has 1 aromatic carbocycles. The predicted octanol–water partition coefficient (Wildman–Crippen LogP) is 1.31. The third kappa shape index (κ3) is 2.77. The van der Waals surface area contributed by atoms with Gasteiger partial charge in [-0.25, -0.2) is 4.98 Å². The van der Waals surface area contributed by atoms with Crippen LogP contribution in [0.25, 0.3) is 10.8 Å².